The zero-order valence-electron chi connectivity index (χ0n) is 15.7. The van der Waals surface area contributed by atoms with Gasteiger partial charge in [0, 0.05) is 25.7 Å². The molecule has 28 heavy (non-hydrogen) atoms. The average Bonchev–Trinajstić information content (AvgIpc) is 3.41. The van der Waals surface area contributed by atoms with E-state index in [9.17, 15) is 4.79 Å². The summed E-state index contributed by atoms with van der Waals surface area (Å²) in [4.78, 5) is 15.0. The molecule has 3 N–H and O–H groups in total. The third-order valence-corrected chi connectivity index (χ3v) is 6.71. The highest BCUT2D eigenvalue weighted by Gasteiger charge is 2.45. The fraction of sp³-hybridized carbons (Fsp3) is 0.550. The Hall–Kier alpha value is -1.64. The fourth-order valence-electron chi connectivity index (χ4n) is 4.83. The number of carbonyl (C=O) groups excluding carboxylic acids is 1. The van der Waals surface area contributed by atoms with Crippen LogP contribution < -0.4 is 21.1 Å². The zero-order chi connectivity index (χ0) is 19.0. The molecule has 7 rings (SSSR count). The maximum Gasteiger partial charge on any atom is 0.254 e. The van der Waals surface area contributed by atoms with Gasteiger partial charge in [0.2, 0.25) is 0 Å². The topological polar surface area (TPSA) is 68.9 Å². The van der Waals surface area contributed by atoms with Crippen LogP contribution in [0.25, 0.3) is 0 Å². The first-order valence-corrected chi connectivity index (χ1v) is 10.5. The molecule has 5 fully saturated rings. The summed E-state index contributed by atoms with van der Waals surface area (Å²) in [6, 6.07) is 4.29. The molecule has 5 aliphatic heterocycles. The molecule has 4 atom stereocenters. The molecule has 1 amide bonds. The molecule has 1 aromatic rings. The number of fused-ring (bicyclic) bond motifs is 3. The second kappa shape index (κ2) is 6.18. The van der Waals surface area contributed by atoms with Gasteiger partial charge in [0.05, 0.1) is 28.5 Å². The molecule has 148 valence electrons. The van der Waals surface area contributed by atoms with Crippen molar-refractivity contribution in [1.82, 2.24) is 21.0 Å². The summed E-state index contributed by atoms with van der Waals surface area (Å²) in [5.41, 5.74) is 7.42. The van der Waals surface area contributed by atoms with Crippen molar-refractivity contribution in [2.24, 2.45) is 0 Å². The van der Waals surface area contributed by atoms with E-state index in [0.717, 1.165) is 35.8 Å². The van der Waals surface area contributed by atoms with E-state index >= 15 is 0 Å². The molecule has 0 radical (unpaired) electrons. The van der Waals surface area contributed by atoms with Gasteiger partial charge in [0.25, 0.3) is 5.91 Å². The number of nitrogens with one attached hydrogen (secondary N) is 3. The van der Waals surface area contributed by atoms with E-state index in [2.05, 4.69) is 40.0 Å². The average molecular weight is 402 g/mol. The molecular weight excluding hydrogens is 378 g/mol. The molecule has 0 spiro atoms. The molecule has 2 bridgehead atoms. The van der Waals surface area contributed by atoms with Crippen molar-refractivity contribution >= 4 is 23.2 Å². The minimum Gasteiger partial charge on any atom is -0.372 e. The molecular formula is C20H24ClN5O2. The maximum absolute atomic E-state index is 12.7. The van der Waals surface area contributed by atoms with Gasteiger partial charge in [-0.15, -0.1) is 0 Å². The summed E-state index contributed by atoms with van der Waals surface area (Å²) in [7, 11) is 0. The first-order chi connectivity index (χ1) is 13.5. The number of hydrazine groups is 1. The molecule has 5 heterocycles. The number of rotatable bonds is 3. The van der Waals surface area contributed by atoms with E-state index in [1.165, 1.54) is 18.4 Å². The minimum absolute atomic E-state index is 0.0488. The van der Waals surface area contributed by atoms with Crippen LogP contribution in [0, 0.1) is 6.92 Å². The summed E-state index contributed by atoms with van der Waals surface area (Å²) in [5.74, 6) is 0.609. The van der Waals surface area contributed by atoms with Crippen LogP contribution in [-0.2, 0) is 9.53 Å². The standard InChI is InChI=1S/C20H24ClN5O2/c1-10-4-12(11-2-3-11)5-16(21)17(10)26-9-15-18(24-26)22-20(23-19(15)27)25-7-13-6-14(8-25)28-13/h4-5,9,11,13-14,18,20,22,24H,2-3,6-8H2,1H3,(H,23,27). The van der Waals surface area contributed by atoms with Crippen LogP contribution in [0.1, 0.15) is 36.3 Å². The maximum atomic E-state index is 12.7. The fourth-order valence-corrected chi connectivity index (χ4v) is 5.19. The molecule has 0 aromatic heterocycles. The van der Waals surface area contributed by atoms with Gasteiger partial charge < -0.3 is 10.1 Å². The van der Waals surface area contributed by atoms with Crippen LogP contribution in [0.2, 0.25) is 5.02 Å². The molecule has 1 aromatic carbocycles. The van der Waals surface area contributed by atoms with Gasteiger partial charge >= 0.3 is 0 Å². The van der Waals surface area contributed by atoms with Gasteiger partial charge in [-0.1, -0.05) is 17.7 Å². The highest BCUT2D eigenvalue weighted by atomic mass is 35.5. The van der Waals surface area contributed by atoms with Gasteiger partial charge in [-0.3, -0.25) is 20.0 Å². The van der Waals surface area contributed by atoms with Crippen LogP contribution >= 0.6 is 11.6 Å². The molecule has 6 aliphatic rings. The molecule has 1 aliphatic carbocycles. The number of morpholine rings is 1. The molecule has 1 saturated carbocycles. The number of carbonyl (C=O) groups is 1. The van der Waals surface area contributed by atoms with Crippen LogP contribution in [0.15, 0.2) is 23.9 Å². The number of benzene rings is 1. The Morgan fingerprint density at radius 1 is 1.21 bits per heavy atom. The Balaban J connectivity index is 1.22. The predicted octanol–water partition coefficient (Wildman–Crippen LogP) is 1.54. The monoisotopic (exact) mass is 401 g/mol. The lowest BCUT2D eigenvalue weighted by Gasteiger charge is -2.50. The van der Waals surface area contributed by atoms with Gasteiger partial charge in [0.15, 0.2) is 0 Å². The van der Waals surface area contributed by atoms with Crippen molar-refractivity contribution in [1.29, 1.82) is 0 Å². The summed E-state index contributed by atoms with van der Waals surface area (Å²) < 4.78 is 5.71. The lowest BCUT2D eigenvalue weighted by Crippen LogP contribution is -2.71. The first-order valence-electron chi connectivity index (χ1n) is 10.1. The minimum atomic E-state index is -0.239. The summed E-state index contributed by atoms with van der Waals surface area (Å²) in [5, 5.41) is 9.20. The second-order valence-electron chi connectivity index (χ2n) is 8.57. The van der Waals surface area contributed by atoms with Crippen molar-refractivity contribution in [3.8, 4) is 0 Å². The zero-order valence-corrected chi connectivity index (χ0v) is 16.5. The van der Waals surface area contributed by atoms with E-state index in [0.29, 0.717) is 23.7 Å². The van der Waals surface area contributed by atoms with Gasteiger partial charge in [-0.05, 0) is 42.9 Å². The third-order valence-electron chi connectivity index (χ3n) is 6.42. The summed E-state index contributed by atoms with van der Waals surface area (Å²) in [6.45, 7) is 3.76. The number of aryl methyl sites for hydroxylation is 1. The normalized spacial score (nSPS) is 34.6. The number of piperidine rings is 1. The van der Waals surface area contributed by atoms with Gasteiger partial charge in [-0.25, -0.2) is 5.43 Å². The van der Waals surface area contributed by atoms with E-state index in [1.807, 2.05) is 11.2 Å². The Bertz CT molecular complexity index is 846. The number of hydrogen-bond donors (Lipinski definition) is 3. The highest BCUT2D eigenvalue weighted by Crippen LogP contribution is 2.44. The third kappa shape index (κ3) is 2.76. The van der Waals surface area contributed by atoms with Crippen molar-refractivity contribution in [3.63, 3.8) is 0 Å². The Kier molecular flexibility index (Phi) is 3.80. The van der Waals surface area contributed by atoms with E-state index in [1.54, 1.807) is 0 Å². The van der Waals surface area contributed by atoms with Crippen molar-refractivity contribution in [2.75, 3.05) is 18.1 Å². The Morgan fingerprint density at radius 2 is 1.96 bits per heavy atom. The number of anilines is 1. The van der Waals surface area contributed by atoms with E-state index < -0.39 is 0 Å². The molecule has 4 saturated heterocycles. The summed E-state index contributed by atoms with van der Waals surface area (Å²) in [6.07, 6.45) is 5.65. The van der Waals surface area contributed by atoms with Crippen molar-refractivity contribution in [3.05, 3.63) is 40.1 Å². The number of amides is 1. The lowest BCUT2D eigenvalue weighted by atomic mass is 9.98. The molecule has 4 unspecified atom stereocenters. The summed E-state index contributed by atoms with van der Waals surface area (Å²) >= 11 is 6.64. The van der Waals surface area contributed by atoms with E-state index in [-0.39, 0.29) is 18.4 Å². The number of ether oxygens (including phenoxy) is 1. The van der Waals surface area contributed by atoms with Crippen LogP contribution in [0.5, 0.6) is 0 Å². The molecule has 8 heteroatoms. The molecule has 7 nitrogen and oxygen atoms in total. The van der Waals surface area contributed by atoms with Gasteiger partial charge in [-0.2, -0.15) is 0 Å². The van der Waals surface area contributed by atoms with Crippen LogP contribution in [-0.4, -0.2) is 48.6 Å². The van der Waals surface area contributed by atoms with E-state index in [4.69, 9.17) is 16.3 Å². The van der Waals surface area contributed by atoms with Crippen LogP contribution in [0.3, 0.4) is 0 Å². The van der Waals surface area contributed by atoms with Crippen molar-refractivity contribution < 1.29 is 9.53 Å². The Labute approximate surface area is 169 Å². The predicted molar refractivity (Wildman–Crippen MR) is 106 cm³/mol. The SMILES string of the molecule is Cc1cc(C2CC2)cc(Cl)c1N1C=C2C(=O)NC(N3CC4CC(C3)O4)NC2N1. The highest BCUT2D eigenvalue weighted by molar-refractivity contribution is 6.33. The number of halogens is 1. The van der Waals surface area contributed by atoms with Crippen molar-refractivity contribution in [2.45, 2.75) is 56.8 Å². The Morgan fingerprint density at radius 3 is 2.64 bits per heavy atom. The smallest absolute Gasteiger partial charge is 0.254 e. The first kappa shape index (κ1) is 17.2. The largest absolute Gasteiger partial charge is 0.372 e. The second-order valence-corrected chi connectivity index (χ2v) is 8.98. The number of nitrogens with zero attached hydrogens (tertiary/aromatic N) is 2. The number of hydrogen-bond acceptors (Lipinski definition) is 6. The quantitative estimate of drug-likeness (QED) is 0.713. The lowest BCUT2D eigenvalue weighted by molar-refractivity contribution is -0.194. The van der Waals surface area contributed by atoms with Crippen LogP contribution in [0.4, 0.5) is 5.69 Å². The van der Waals surface area contributed by atoms with Gasteiger partial charge in [0.1, 0.15) is 12.5 Å².